The number of fused-ring (bicyclic) bond motifs is 1. The highest BCUT2D eigenvalue weighted by Crippen LogP contribution is 2.26. The number of amides is 1. The number of aryl methyl sites for hydroxylation is 1. The number of hydrogen-bond acceptors (Lipinski definition) is 8. The lowest BCUT2D eigenvalue weighted by Crippen LogP contribution is -2.49. The van der Waals surface area contributed by atoms with Gasteiger partial charge in [-0.15, -0.1) is 0 Å². The molecule has 0 aliphatic carbocycles. The summed E-state index contributed by atoms with van der Waals surface area (Å²) in [4.78, 5) is 32.7. The van der Waals surface area contributed by atoms with E-state index in [4.69, 9.17) is 9.47 Å². The maximum absolute atomic E-state index is 13.5. The molecule has 0 unspecified atom stereocenters. The summed E-state index contributed by atoms with van der Waals surface area (Å²) in [5.74, 6) is 0.583. The van der Waals surface area contributed by atoms with Crippen LogP contribution in [-0.4, -0.2) is 76.9 Å². The number of piperidine rings is 1. The Morgan fingerprint density at radius 2 is 1.63 bits per heavy atom. The van der Waals surface area contributed by atoms with Crippen LogP contribution in [0.4, 0.5) is 0 Å². The van der Waals surface area contributed by atoms with Gasteiger partial charge in [0.2, 0.25) is 0 Å². The van der Waals surface area contributed by atoms with E-state index in [0.29, 0.717) is 68.1 Å². The van der Waals surface area contributed by atoms with Crippen molar-refractivity contribution < 1.29 is 19.4 Å². The third-order valence-electron chi connectivity index (χ3n) is 8.82. The summed E-state index contributed by atoms with van der Waals surface area (Å²) in [5.41, 5.74) is 3.39. The van der Waals surface area contributed by atoms with Crippen LogP contribution in [0.3, 0.4) is 0 Å². The standard InChI is InChI=1S/C37H37N7O5/c1-27-7-9-29(10-8-27)35(45)41-17-15-37(47,16-18-41)25-42-26-38-34-33(36(42)46)22-40-44(34)31-13-11-30(12-14-31)43-23-32(21-39-43)49-20-19-48-24-28-5-3-2-4-6-28/h2-14,21-23,26,47H,15-20,24-25H2,1H3. The van der Waals surface area contributed by atoms with E-state index in [1.165, 1.54) is 17.1 Å². The Labute approximate surface area is 282 Å². The molecule has 250 valence electrons. The van der Waals surface area contributed by atoms with E-state index >= 15 is 0 Å². The predicted octanol–water partition coefficient (Wildman–Crippen LogP) is 4.34. The van der Waals surface area contributed by atoms with E-state index in [1.54, 1.807) is 26.7 Å². The first-order chi connectivity index (χ1) is 23.8. The second-order valence-corrected chi connectivity index (χ2v) is 12.4. The van der Waals surface area contributed by atoms with Gasteiger partial charge in [-0.2, -0.15) is 10.2 Å². The van der Waals surface area contributed by atoms with Crippen molar-refractivity contribution in [2.24, 2.45) is 0 Å². The molecule has 3 aromatic carbocycles. The van der Waals surface area contributed by atoms with Crippen molar-refractivity contribution in [3.63, 3.8) is 0 Å². The summed E-state index contributed by atoms with van der Waals surface area (Å²) in [6.07, 6.45) is 7.13. The van der Waals surface area contributed by atoms with Gasteiger partial charge >= 0.3 is 0 Å². The number of nitrogens with zero attached hydrogens (tertiary/aromatic N) is 7. The van der Waals surface area contributed by atoms with Gasteiger partial charge in [-0.25, -0.2) is 14.3 Å². The van der Waals surface area contributed by atoms with Crippen LogP contribution < -0.4 is 10.3 Å². The number of benzene rings is 3. The number of hydrogen-bond donors (Lipinski definition) is 1. The zero-order valence-corrected chi connectivity index (χ0v) is 27.2. The molecule has 1 aliphatic heterocycles. The molecule has 12 heteroatoms. The summed E-state index contributed by atoms with van der Waals surface area (Å²) in [5, 5.41) is 20.6. The van der Waals surface area contributed by atoms with Crippen LogP contribution in [0.25, 0.3) is 22.4 Å². The minimum Gasteiger partial charge on any atom is -0.488 e. The first kappa shape index (κ1) is 32.0. The molecule has 0 saturated carbocycles. The Kier molecular flexibility index (Phi) is 9.05. The number of ether oxygens (including phenoxy) is 2. The topological polar surface area (TPSA) is 130 Å². The second kappa shape index (κ2) is 13.9. The monoisotopic (exact) mass is 659 g/mol. The lowest BCUT2D eigenvalue weighted by molar-refractivity contribution is -0.0299. The zero-order chi connectivity index (χ0) is 33.8. The first-order valence-corrected chi connectivity index (χ1v) is 16.3. The number of aromatic nitrogens is 6. The molecule has 0 spiro atoms. The van der Waals surface area contributed by atoms with Gasteiger partial charge in [0.05, 0.1) is 55.3 Å². The maximum atomic E-state index is 13.5. The number of aliphatic hydroxyl groups is 1. The van der Waals surface area contributed by atoms with E-state index in [1.807, 2.05) is 85.8 Å². The van der Waals surface area contributed by atoms with Gasteiger partial charge in [0, 0.05) is 18.7 Å². The first-order valence-electron chi connectivity index (χ1n) is 16.3. The van der Waals surface area contributed by atoms with Gasteiger partial charge < -0.3 is 19.5 Å². The fraction of sp³-hybridized carbons (Fsp3) is 0.270. The number of likely N-dealkylation sites (tertiary alicyclic amines) is 1. The lowest BCUT2D eigenvalue weighted by Gasteiger charge is -2.38. The number of carbonyl (C=O) groups is 1. The minimum absolute atomic E-state index is 0.0533. The van der Waals surface area contributed by atoms with Gasteiger partial charge in [0.15, 0.2) is 11.4 Å². The Bertz CT molecular complexity index is 2100. The molecule has 0 atom stereocenters. The molecule has 6 aromatic rings. The van der Waals surface area contributed by atoms with Crippen molar-refractivity contribution in [2.45, 2.75) is 38.5 Å². The SMILES string of the molecule is Cc1ccc(C(=O)N2CCC(O)(Cn3cnc4c(cnn4-c4ccc(-n5cc(OCCOCc6ccccc6)cn5)cc4)c3=O)CC2)cc1. The van der Waals surface area contributed by atoms with E-state index in [2.05, 4.69) is 15.2 Å². The third-order valence-corrected chi connectivity index (χ3v) is 8.82. The van der Waals surface area contributed by atoms with Gasteiger partial charge in [-0.1, -0.05) is 48.0 Å². The van der Waals surface area contributed by atoms with Crippen molar-refractivity contribution in [2.75, 3.05) is 26.3 Å². The van der Waals surface area contributed by atoms with Gasteiger partial charge in [0.25, 0.3) is 11.5 Å². The van der Waals surface area contributed by atoms with Crippen molar-refractivity contribution >= 4 is 16.9 Å². The Morgan fingerprint density at radius 1 is 0.898 bits per heavy atom. The molecule has 1 saturated heterocycles. The van der Waals surface area contributed by atoms with Gasteiger partial charge in [-0.05, 0) is 61.7 Å². The third kappa shape index (κ3) is 7.15. The molecule has 3 aromatic heterocycles. The average Bonchev–Trinajstić information content (AvgIpc) is 3.78. The molecule has 1 N–H and O–H groups in total. The molecule has 1 fully saturated rings. The molecule has 7 rings (SSSR count). The highest BCUT2D eigenvalue weighted by molar-refractivity contribution is 5.94. The molecular formula is C37H37N7O5. The van der Waals surface area contributed by atoms with Crippen molar-refractivity contribution in [1.29, 1.82) is 0 Å². The number of carbonyl (C=O) groups excluding carboxylic acids is 1. The van der Waals surface area contributed by atoms with Crippen LogP contribution in [0, 0.1) is 6.92 Å². The lowest BCUT2D eigenvalue weighted by atomic mass is 9.91. The van der Waals surface area contributed by atoms with E-state index < -0.39 is 5.60 Å². The van der Waals surface area contributed by atoms with Gasteiger partial charge in [0.1, 0.15) is 18.3 Å². The second-order valence-electron chi connectivity index (χ2n) is 12.4. The maximum Gasteiger partial charge on any atom is 0.264 e. The molecule has 0 radical (unpaired) electrons. The largest absolute Gasteiger partial charge is 0.488 e. The van der Waals surface area contributed by atoms with Crippen LogP contribution in [0.5, 0.6) is 5.75 Å². The molecule has 1 amide bonds. The summed E-state index contributed by atoms with van der Waals surface area (Å²) in [7, 11) is 0. The number of rotatable bonds is 11. The Hall–Kier alpha value is -5.59. The van der Waals surface area contributed by atoms with E-state index in [9.17, 15) is 14.7 Å². The normalized spacial score (nSPS) is 14.3. The summed E-state index contributed by atoms with van der Waals surface area (Å²) < 4.78 is 16.2. The van der Waals surface area contributed by atoms with Crippen molar-refractivity contribution in [1.82, 2.24) is 34.0 Å². The average molecular weight is 660 g/mol. The van der Waals surface area contributed by atoms with Crippen LogP contribution >= 0.6 is 0 Å². The molecule has 12 nitrogen and oxygen atoms in total. The fourth-order valence-electron chi connectivity index (χ4n) is 5.98. The van der Waals surface area contributed by atoms with Crippen molar-refractivity contribution in [3.05, 3.63) is 131 Å². The summed E-state index contributed by atoms with van der Waals surface area (Å²) in [6.45, 7) is 4.27. The van der Waals surface area contributed by atoms with Crippen LogP contribution in [-0.2, 0) is 17.9 Å². The van der Waals surface area contributed by atoms with Gasteiger partial charge in [-0.3, -0.25) is 14.2 Å². The predicted molar refractivity (Wildman–Crippen MR) is 183 cm³/mol. The minimum atomic E-state index is -1.14. The smallest absolute Gasteiger partial charge is 0.264 e. The van der Waals surface area contributed by atoms with E-state index in [-0.39, 0.29) is 18.0 Å². The van der Waals surface area contributed by atoms with Crippen LogP contribution in [0.1, 0.15) is 34.3 Å². The molecule has 1 aliphatic rings. The zero-order valence-electron chi connectivity index (χ0n) is 27.2. The summed E-state index contributed by atoms with van der Waals surface area (Å²) >= 11 is 0. The van der Waals surface area contributed by atoms with E-state index in [0.717, 1.165) is 22.5 Å². The summed E-state index contributed by atoms with van der Waals surface area (Å²) in [6, 6.07) is 25.0. The molecular weight excluding hydrogens is 622 g/mol. The highest BCUT2D eigenvalue weighted by atomic mass is 16.5. The quantitative estimate of drug-likeness (QED) is 0.204. The molecule has 0 bridgehead atoms. The Balaban J connectivity index is 0.957. The van der Waals surface area contributed by atoms with Crippen molar-refractivity contribution in [3.8, 4) is 17.1 Å². The molecule has 49 heavy (non-hydrogen) atoms. The molecule has 4 heterocycles. The van der Waals surface area contributed by atoms with Crippen LogP contribution in [0.2, 0.25) is 0 Å². The van der Waals surface area contributed by atoms with Crippen LogP contribution in [0.15, 0.2) is 109 Å². The Morgan fingerprint density at radius 3 is 2.39 bits per heavy atom. The highest BCUT2D eigenvalue weighted by Gasteiger charge is 2.35. The fourth-order valence-corrected chi connectivity index (χ4v) is 5.98.